The van der Waals surface area contributed by atoms with E-state index in [9.17, 15) is 9.59 Å². The van der Waals surface area contributed by atoms with E-state index in [0.29, 0.717) is 22.8 Å². The fraction of sp³-hybridized carbons (Fsp3) is 0.167. The Hall–Kier alpha value is -3.80. The third-order valence-electron chi connectivity index (χ3n) is 5.21. The van der Waals surface area contributed by atoms with Crippen LogP contribution >= 0.6 is 0 Å². The molecule has 6 nitrogen and oxygen atoms in total. The molecule has 1 fully saturated rings. The highest BCUT2D eigenvalue weighted by atomic mass is 16.5. The lowest BCUT2D eigenvalue weighted by Gasteiger charge is -2.22. The number of methoxy groups -OCH3 is 1. The van der Waals surface area contributed by atoms with Gasteiger partial charge in [0.25, 0.3) is 5.91 Å². The van der Waals surface area contributed by atoms with Crippen molar-refractivity contribution in [2.24, 2.45) is 0 Å². The van der Waals surface area contributed by atoms with Crippen LogP contribution < -0.4 is 14.8 Å². The van der Waals surface area contributed by atoms with E-state index in [1.807, 2.05) is 54.6 Å². The zero-order valence-corrected chi connectivity index (χ0v) is 16.8. The number of ether oxygens (including phenoxy) is 2. The average Bonchev–Trinajstić information content (AvgIpc) is 2.99. The van der Waals surface area contributed by atoms with Crippen LogP contribution in [0.4, 0.5) is 4.79 Å². The second kappa shape index (κ2) is 7.91. The van der Waals surface area contributed by atoms with Crippen LogP contribution in [0.25, 0.3) is 0 Å². The number of imide groups is 1. The molecule has 1 aliphatic rings. The molecule has 1 atom stereocenters. The summed E-state index contributed by atoms with van der Waals surface area (Å²) in [5, 5.41) is 2.83. The van der Waals surface area contributed by atoms with Crippen molar-refractivity contribution in [3.8, 4) is 17.2 Å². The minimum Gasteiger partial charge on any atom is -0.497 e. The predicted molar refractivity (Wildman–Crippen MR) is 112 cm³/mol. The van der Waals surface area contributed by atoms with Crippen molar-refractivity contribution in [2.45, 2.75) is 19.0 Å². The van der Waals surface area contributed by atoms with Gasteiger partial charge in [0.05, 0.1) is 13.7 Å². The fourth-order valence-electron chi connectivity index (χ4n) is 3.48. The molecule has 0 aliphatic carbocycles. The molecule has 152 valence electrons. The van der Waals surface area contributed by atoms with E-state index in [1.165, 1.54) is 4.90 Å². The molecule has 1 heterocycles. The molecule has 0 radical (unpaired) electrons. The Bertz CT molecular complexity index is 1070. The summed E-state index contributed by atoms with van der Waals surface area (Å²) in [4.78, 5) is 27.2. The lowest BCUT2D eigenvalue weighted by Crippen LogP contribution is -2.40. The molecule has 1 unspecified atom stereocenters. The number of urea groups is 1. The first kappa shape index (κ1) is 19.5. The van der Waals surface area contributed by atoms with Crippen LogP contribution in [0.3, 0.4) is 0 Å². The molecular weight excluding hydrogens is 380 g/mol. The monoisotopic (exact) mass is 402 g/mol. The third-order valence-corrected chi connectivity index (χ3v) is 5.21. The van der Waals surface area contributed by atoms with Crippen molar-refractivity contribution in [3.63, 3.8) is 0 Å². The number of amides is 3. The molecule has 4 rings (SSSR count). The summed E-state index contributed by atoms with van der Waals surface area (Å²) >= 11 is 0. The summed E-state index contributed by atoms with van der Waals surface area (Å²) in [5.74, 6) is 1.66. The van der Waals surface area contributed by atoms with Gasteiger partial charge in [-0.05, 0) is 42.8 Å². The summed E-state index contributed by atoms with van der Waals surface area (Å²) < 4.78 is 11.1. The number of hydrogen-bond acceptors (Lipinski definition) is 4. The van der Waals surface area contributed by atoms with Gasteiger partial charge in [-0.1, -0.05) is 48.5 Å². The molecule has 30 heavy (non-hydrogen) atoms. The van der Waals surface area contributed by atoms with Crippen molar-refractivity contribution < 1.29 is 19.1 Å². The molecule has 0 saturated carbocycles. The summed E-state index contributed by atoms with van der Waals surface area (Å²) in [6.45, 7) is 1.82. The normalized spacial score (nSPS) is 18.3. The molecule has 0 aromatic heterocycles. The smallest absolute Gasteiger partial charge is 0.325 e. The lowest BCUT2D eigenvalue weighted by atomic mass is 9.92. The first-order valence-electron chi connectivity index (χ1n) is 9.61. The quantitative estimate of drug-likeness (QED) is 0.619. The summed E-state index contributed by atoms with van der Waals surface area (Å²) in [6.07, 6.45) is 0. The minimum atomic E-state index is -1.14. The average molecular weight is 402 g/mol. The maximum atomic E-state index is 13.2. The Labute approximate surface area is 175 Å². The van der Waals surface area contributed by atoms with Crippen LogP contribution in [0.1, 0.15) is 18.1 Å². The zero-order chi connectivity index (χ0) is 21.1. The van der Waals surface area contributed by atoms with Gasteiger partial charge in [0.15, 0.2) is 0 Å². The summed E-state index contributed by atoms with van der Waals surface area (Å²) in [7, 11) is 1.58. The highest BCUT2D eigenvalue weighted by Gasteiger charge is 2.49. The number of para-hydroxylation sites is 2. The first-order chi connectivity index (χ1) is 14.5. The molecule has 3 aromatic carbocycles. The zero-order valence-electron chi connectivity index (χ0n) is 16.8. The van der Waals surface area contributed by atoms with Crippen LogP contribution in [0.15, 0.2) is 78.9 Å². The number of benzene rings is 3. The van der Waals surface area contributed by atoms with Gasteiger partial charge in [-0.15, -0.1) is 0 Å². The Morgan fingerprint density at radius 1 is 0.867 bits per heavy atom. The van der Waals surface area contributed by atoms with Crippen molar-refractivity contribution in [2.75, 3.05) is 7.11 Å². The maximum absolute atomic E-state index is 13.2. The van der Waals surface area contributed by atoms with Gasteiger partial charge in [-0.2, -0.15) is 0 Å². The van der Waals surface area contributed by atoms with Gasteiger partial charge in [0.2, 0.25) is 0 Å². The van der Waals surface area contributed by atoms with Crippen LogP contribution in [-0.4, -0.2) is 23.9 Å². The second-order valence-electron chi connectivity index (χ2n) is 7.20. The van der Waals surface area contributed by atoms with Gasteiger partial charge in [0, 0.05) is 5.56 Å². The van der Waals surface area contributed by atoms with Gasteiger partial charge < -0.3 is 14.8 Å². The van der Waals surface area contributed by atoms with Gasteiger partial charge >= 0.3 is 6.03 Å². The van der Waals surface area contributed by atoms with Crippen molar-refractivity contribution in [1.29, 1.82) is 0 Å². The Morgan fingerprint density at radius 3 is 2.23 bits per heavy atom. The van der Waals surface area contributed by atoms with Gasteiger partial charge in [-0.3, -0.25) is 9.69 Å². The van der Waals surface area contributed by atoms with Crippen molar-refractivity contribution >= 4 is 11.9 Å². The van der Waals surface area contributed by atoms with E-state index < -0.39 is 11.6 Å². The third kappa shape index (κ3) is 3.59. The van der Waals surface area contributed by atoms with Crippen LogP contribution in [-0.2, 0) is 16.9 Å². The van der Waals surface area contributed by atoms with E-state index in [-0.39, 0.29) is 12.5 Å². The second-order valence-corrected chi connectivity index (χ2v) is 7.20. The van der Waals surface area contributed by atoms with Gasteiger partial charge in [0.1, 0.15) is 22.8 Å². The number of carbonyl (C=O) groups is 2. The maximum Gasteiger partial charge on any atom is 0.325 e. The van der Waals surface area contributed by atoms with Gasteiger partial charge in [-0.25, -0.2) is 4.79 Å². The van der Waals surface area contributed by atoms with E-state index in [4.69, 9.17) is 9.47 Å². The fourth-order valence-corrected chi connectivity index (χ4v) is 3.48. The Morgan fingerprint density at radius 2 is 1.53 bits per heavy atom. The first-order valence-corrected chi connectivity index (χ1v) is 9.61. The van der Waals surface area contributed by atoms with E-state index in [1.54, 1.807) is 38.3 Å². The van der Waals surface area contributed by atoms with E-state index >= 15 is 0 Å². The summed E-state index contributed by atoms with van der Waals surface area (Å²) in [6, 6.07) is 23.4. The number of carbonyl (C=O) groups excluding carboxylic acids is 2. The van der Waals surface area contributed by atoms with Crippen molar-refractivity contribution in [1.82, 2.24) is 10.2 Å². The van der Waals surface area contributed by atoms with Crippen molar-refractivity contribution in [3.05, 3.63) is 90.0 Å². The number of nitrogens with one attached hydrogen (secondary N) is 1. The van der Waals surface area contributed by atoms with Crippen LogP contribution in [0.2, 0.25) is 0 Å². The molecule has 1 N–H and O–H groups in total. The number of nitrogens with zero attached hydrogens (tertiary/aromatic N) is 1. The molecule has 3 amide bonds. The van der Waals surface area contributed by atoms with E-state index in [0.717, 1.165) is 5.56 Å². The topological polar surface area (TPSA) is 67.9 Å². The molecule has 1 saturated heterocycles. The molecule has 6 heteroatoms. The number of hydrogen-bond donors (Lipinski definition) is 1. The Balaban J connectivity index is 1.58. The SMILES string of the molecule is COc1ccc(C2(C)NC(=O)N(Cc3ccccc3Oc3ccccc3)C2=O)cc1. The number of rotatable bonds is 6. The highest BCUT2D eigenvalue weighted by Crippen LogP contribution is 2.33. The van der Waals surface area contributed by atoms with Crippen LogP contribution in [0.5, 0.6) is 17.2 Å². The molecular formula is C24H22N2O4. The van der Waals surface area contributed by atoms with Crippen LogP contribution in [0, 0.1) is 0 Å². The highest BCUT2D eigenvalue weighted by molar-refractivity contribution is 6.07. The van der Waals surface area contributed by atoms with E-state index in [2.05, 4.69) is 5.32 Å². The predicted octanol–water partition coefficient (Wildman–Crippen LogP) is 4.45. The molecule has 0 bridgehead atoms. The lowest BCUT2D eigenvalue weighted by molar-refractivity contribution is -0.131. The summed E-state index contributed by atoms with van der Waals surface area (Å²) in [5.41, 5.74) is 0.292. The Kier molecular flexibility index (Phi) is 5.14. The molecule has 3 aromatic rings. The minimum absolute atomic E-state index is 0.111. The standard InChI is InChI=1S/C24H22N2O4/c1-24(18-12-14-19(29-2)15-13-18)22(27)26(23(28)25-24)16-17-8-6-7-11-21(17)30-20-9-4-3-5-10-20/h3-15H,16H2,1-2H3,(H,25,28). The molecule has 1 aliphatic heterocycles. The largest absolute Gasteiger partial charge is 0.497 e. The molecule has 0 spiro atoms.